The van der Waals surface area contributed by atoms with Gasteiger partial charge < -0.3 is 13.9 Å². The molecule has 1 N–H and O–H groups in total. The predicted molar refractivity (Wildman–Crippen MR) is 103 cm³/mol. The fraction of sp³-hybridized carbons (Fsp3) is 0.136. The van der Waals surface area contributed by atoms with Crippen LogP contribution < -0.4 is 14.8 Å². The number of hydrogen-bond acceptors (Lipinski definition) is 6. The SMILES string of the molecule is CC(=O)Oc1ccc(C2(c3ccc(OC(C)=O)cc3)C(=O)Nc3occc32)cc1. The van der Waals surface area contributed by atoms with Gasteiger partial charge in [-0.2, -0.15) is 0 Å². The van der Waals surface area contributed by atoms with Crippen molar-refractivity contribution in [1.82, 2.24) is 0 Å². The summed E-state index contributed by atoms with van der Waals surface area (Å²) in [4.78, 5) is 35.6. The van der Waals surface area contributed by atoms with Crippen molar-refractivity contribution >= 4 is 23.7 Å². The van der Waals surface area contributed by atoms with Crippen LogP contribution in [0.25, 0.3) is 0 Å². The van der Waals surface area contributed by atoms with E-state index in [9.17, 15) is 14.4 Å². The minimum atomic E-state index is -1.16. The lowest BCUT2D eigenvalue weighted by Gasteiger charge is -2.28. The summed E-state index contributed by atoms with van der Waals surface area (Å²) in [5.41, 5.74) is 0.854. The molecule has 0 radical (unpaired) electrons. The number of nitrogens with one attached hydrogen (secondary N) is 1. The number of carbonyl (C=O) groups excluding carboxylic acids is 3. The number of fused-ring (bicyclic) bond motifs is 1. The molecule has 0 saturated heterocycles. The lowest BCUT2D eigenvalue weighted by atomic mass is 9.71. The fourth-order valence-electron chi connectivity index (χ4n) is 3.64. The second kappa shape index (κ2) is 6.94. The Labute approximate surface area is 166 Å². The van der Waals surface area contributed by atoms with Crippen molar-refractivity contribution in [2.45, 2.75) is 19.3 Å². The Morgan fingerprint density at radius 2 is 1.31 bits per heavy atom. The lowest BCUT2D eigenvalue weighted by molar-refractivity contribution is -0.132. The van der Waals surface area contributed by atoms with Crippen LogP contribution in [0.5, 0.6) is 11.5 Å². The second-order valence-electron chi connectivity index (χ2n) is 6.60. The maximum atomic E-state index is 13.2. The fourth-order valence-corrected chi connectivity index (χ4v) is 3.64. The molecule has 0 atom stereocenters. The molecular formula is C22H17NO6. The zero-order valence-electron chi connectivity index (χ0n) is 15.7. The van der Waals surface area contributed by atoms with E-state index >= 15 is 0 Å². The summed E-state index contributed by atoms with van der Waals surface area (Å²) in [6.45, 7) is 2.64. The Morgan fingerprint density at radius 1 is 0.828 bits per heavy atom. The summed E-state index contributed by atoms with van der Waals surface area (Å²) in [6, 6.07) is 15.2. The summed E-state index contributed by atoms with van der Waals surface area (Å²) in [5.74, 6) is 0.0174. The Morgan fingerprint density at radius 3 is 1.76 bits per heavy atom. The van der Waals surface area contributed by atoms with E-state index in [2.05, 4.69) is 5.32 Å². The molecule has 7 nitrogen and oxygen atoms in total. The molecule has 146 valence electrons. The standard InChI is InChI=1S/C22H17NO6/c1-13(24)28-17-7-3-15(4-8-17)22(19-11-12-27-20(19)23-21(22)26)16-5-9-18(10-6-16)29-14(2)25/h3-12H,1-2H3,(H,23,26). The first kappa shape index (κ1) is 18.5. The van der Waals surface area contributed by atoms with Gasteiger partial charge in [-0.1, -0.05) is 24.3 Å². The molecule has 3 aromatic rings. The van der Waals surface area contributed by atoms with Crippen LogP contribution in [-0.2, 0) is 19.8 Å². The molecule has 0 saturated carbocycles. The van der Waals surface area contributed by atoms with Crippen LogP contribution >= 0.6 is 0 Å². The molecule has 0 fully saturated rings. The Balaban J connectivity index is 1.85. The smallest absolute Gasteiger partial charge is 0.308 e. The van der Waals surface area contributed by atoms with E-state index in [4.69, 9.17) is 13.9 Å². The maximum absolute atomic E-state index is 13.2. The first-order valence-electron chi connectivity index (χ1n) is 8.88. The van der Waals surface area contributed by atoms with Crippen LogP contribution in [0.3, 0.4) is 0 Å². The molecule has 1 aliphatic heterocycles. The highest BCUT2D eigenvalue weighted by Gasteiger charge is 2.51. The zero-order valence-corrected chi connectivity index (χ0v) is 15.7. The quantitative estimate of drug-likeness (QED) is 0.541. The van der Waals surface area contributed by atoms with E-state index in [1.807, 2.05) is 0 Å². The number of ether oxygens (including phenoxy) is 2. The molecule has 2 aromatic carbocycles. The van der Waals surface area contributed by atoms with Gasteiger partial charge in [-0.3, -0.25) is 19.7 Å². The van der Waals surface area contributed by atoms with Gasteiger partial charge >= 0.3 is 11.9 Å². The number of hydrogen-bond donors (Lipinski definition) is 1. The zero-order chi connectivity index (χ0) is 20.6. The highest BCUT2D eigenvalue weighted by atomic mass is 16.5. The highest BCUT2D eigenvalue weighted by molar-refractivity contribution is 6.10. The third-order valence-corrected chi connectivity index (χ3v) is 4.73. The van der Waals surface area contributed by atoms with E-state index in [0.717, 1.165) is 0 Å². The number of esters is 2. The molecule has 4 rings (SSSR count). The molecule has 1 amide bonds. The molecule has 1 aliphatic rings. The van der Waals surface area contributed by atoms with Gasteiger partial charge in [0.1, 0.15) is 16.9 Å². The molecule has 2 heterocycles. The van der Waals surface area contributed by atoms with Crippen LogP contribution in [0.4, 0.5) is 5.88 Å². The van der Waals surface area contributed by atoms with Gasteiger partial charge in [-0.15, -0.1) is 0 Å². The largest absolute Gasteiger partial charge is 0.448 e. The van der Waals surface area contributed by atoms with Crippen LogP contribution in [0, 0.1) is 0 Å². The molecule has 0 unspecified atom stereocenters. The maximum Gasteiger partial charge on any atom is 0.308 e. The first-order valence-corrected chi connectivity index (χ1v) is 8.88. The minimum Gasteiger partial charge on any atom is -0.448 e. The normalized spacial score (nSPS) is 14.1. The van der Waals surface area contributed by atoms with Gasteiger partial charge in [-0.05, 0) is 41.5 Å². The average Bonchev–Trinajstić information content (AvgIpc) is 3.22. The third-order valence-electron chi connectivity index (χ3n) is 4.73. The van der Waals surface area contributed by atoms with Crippen molar-refractivity contribution < 1.29 is 28.3 Å². The summed E-state index contributed by atoms with van der Waals surface area (Å²) >= 11 is 0. The first-order chi connectivity index (χ1) is 13.9. The van der Waals surface area contributed by atoms with E-state index in [0.29, 0.717) is 34.1 Å². The van der Waals surface area contributed by atoms with Crippen molar-refractivity contribution in [2.75, 3.05) is 5.32 Å². The summed E-state index contributed by atoms with van der Waals surface area (Å²) in [6.07, 6.45) is 1.51. The molecule has 7 heteroatoms. The van der Waals surface area contributed by atoms with Gasteiger partial charge in [-0.25, -0.2) is 0 Å². The molecule has 1 aromatic heterocycles. The molecule has 0 bridgehead atoms. The van der Waals surface area contributed by atoms with Gasteiger partial charge in [0.05, 0.1) is 6.26 Å². The van der Waals surface area contributed by atoms with Crippen LogP contribution in [0.15, 0.2) is 65.3 Å². The Kier molecular flexibility index (Phi) is 4.43. The monoisotopic (exact) mass is 391 g/mol. The summed E-state index contributed by atoms with van der Waals surface area (Å²) in [7, 11) is 0. The van der Waals surface area contributed by atoms with Crippen LogP contribution in [-0.4, -0.2) is 17.8 Å². The van der Waals surface area contributed by atoms with Crippen molar-refractivity contribution in [2.24, 2.45) is 0 Å². The van der Waals surface area contributed by atoms with Gasteiger partial charge in [0.15, 0.2) is 0 Å². The lowest BCUT2D eigenvalue weighted by Crippen LogP contribution is -2.37. The summed E-state index contributed by atoms with van der Waals surface area (Å²) < 4.78 is 15.6. The third kappa shape index (κ3) is 3.06. The van der Waals surface area contributed by atoms with E-state index in [-0.39, 0.29) is 5.91 Å². The number of furan rings is 1. The van der Waals surface area contributed by atoms with Crippen LogP contribution in [0.2, 0.25) is 0 Å². The number of anilines is 1. The van der Waals surface area contributed by atoms with Crippen molar-refractivity contribution in [1.29, 1.82) is 0 Å². The van der Waals surface area contributed by atoms with Crippen molar-refractivity contribution in [3.05, 3.63) is 77.6 Å². The van der Waals surface area contributed by atoms with E-state index < -0.39 is 17.4 Å². The van der Waals surface area contributed by atoms with Crippen molar-refractivity contribution in [3.63, 3.8) is 0 Å². The number of benzene rings is 2. The molecule has 0 aliphatic carbocycles. The summed E-state index contributed by atoms with van der Waals surface area (Å²) in [5, 5.41) is 2.78. The van der Waals surface area contributed by atoms with Gasteiger partial charge in [0.2, 0.25) is 11.8 Å². The van der Waals surface area contributed by atoms with Crippen molar-refractivity contribution in [3.8, 4) is 11.5 Å². The van der Waals surface area contributed by atoms with Gasteiger partial charge in [0.25, 0.3) is 0 Å². The molecular weight excluding hydrogens is 374 g/mol. The minimum absolute atomic E-state index is 0.271. The predicted octanol–water partition coefficient (Wildman–Crippen LogP) is 3.42. The van der Waals surface area contributed by atoms with Crippen LogP contribution in [0.1, 0.15) is 30.5 Å². The highest BCUT2D eigenvalue weighted by Crippen LogP contribution is 2.48. The number of amides is 1. The second-order valence-corrected chi connectivity index (χ2v) is 6.60. The Bertz CT molecular complexity index is 1040. The molecule has 29 heavy (non-hydrogen) atoms. The number of rotatable bonds is 4. The van der Waals surface area contributed by atoms with E-state index in [1.165, 1.54) is 20.1 Å². The van der Waals surface area contributed by atoms with Gasteiger partial charge in [0, 0.05) is 19.4 Å². The van der Waals surface area contributed by atoms with E-state index in [1.54, 1.807) is 54.6 Å². The number of carbonyl (C=O) groups is 3. The Hall–Kier alpha value is -3.87. The average molecular weight is 391 g/mol. The topological polar surface area (TPSA) is 94.8 Å². The molecule has 0 spiro atoms.